The summed E-state index contributed by atoms with van der Waals surface area (Å²) < 4.78 is 0. The Morgan fingerprint density at radius 2 is 2.10 bits per heavy atom. The fourth-order valence-corrected chi connectivity index (χ4v) is 4.72. The number of fused-ring (bicyclic) bond motifs is 3. The van der Waals surface area contributed by atoms with Crippen molar-refractivity contribution < 1.29 is 0 Å². The van der Waals surface area contributed by atoms with E-state index >= 15 is 0 Å². The maximum atomic E-state index is 8.92. The Hall–Kier alpha value is -3.19. The molecule has 5 rings (SSSR count). The monoisotopic (exact) mass is 392 g/mol. The predicted molar refractivity (Wildman–Crippen MR) is 109 cm³/mol. The molecule has 2 fully saturated rings. The van der Waals surface area contributed by atoms with E-state index in [1.165, 1.54) is 12.8 Å². The van der Waals surface area contributed by atoms with Gasteiger partial charge in [0.1, 0.15) is 5.52 Å². The van der Waals surface area contributed by atoms with Crippen molar-refractivity contribution >= 4 is 28.7 Å². The molecule has 0 saturated carbocycles. The molecule has 29 heavy (non-hydrogen) atoms. The minimum atomic E-state index is 0.334. The normalized spacial score (nSPS) is 23.9. The zero-order valence-corrected chi connectivity index (χ0v) is 16.3. The van der Waals surface area contributed by atoms with E-state index in [0.717, 1.165) is 36.4 Å². The molecular formula is C19H24N10. The Labute approximate surface area is 168 Å². The quantitative estimate of drug-likeness (QED) is 0.502. The minimum absolute atomic E-state index is 0.334. The van der Waals surface area contributed by atoms with Gasteiger partial charge in [-0.2, -0.15) is 20.3 Å². The topological polar surface area (TPSA) is 134 Å². The first-order valence-electron chi connectivity index (χ1n) is 10.1. The molecule has 150 valence electrons. The summed E-state index contributed by atoms with van der Waals surface area (Å²) in [6.07, 6.45) is 6.77. The molecule has 0 amide bonds. The third-order valence-corrected chi connectivity index (χ3v) is 5.93. The number of anilines is 3. The summed E-state index contributed by atoms with van der Waals surface area (Å²) in [6.45, 7) is 2.83. The van der Waals surface area contributed by atoms with E-state index in [4.69, 9.17) is 5.26 Å². The van der Waals surface area contributed by atoms with Crippen molar-refractivity contribution in [2.45, 2.75) is 57.2 Å². The first-order valence-corrected chi connectivity index (χ1v) is 10.1. The number of imidazole rings is 1. The molecule has 3 aromatic rings. The lowest BCUT2D eigenvalue weighted by molar-refractivity contribution is 0.136. The fourth-order valence-electron chi connectivity index (χ4n) is 4.72. The van der Waals surface area contributed by atoms with E-state index in [0.29, 0.717) is 42.0 Å². The van der Waals surface area contributed by atoms with E-state index in [1.54, 1.807) is 6.33 Å². The van der Waals surface area contributed by atoms with Gasteiger partial charge < -0.3 is 15.6 Å². The van der Waals surface area contributed by atoms with Crippen molar-refractivity contribution in [3.05, 3.63) is 18.1 Å². The molecule has 4 N–H and O–H groups in total. The second-order valence-corrected chi connectivity index (χ2v) is 7.90. The van der Waals surface area contributed by atoms with Gasteiger partial charge in [-0.25, -0.2) is 4.98 Å². The van der Waals surface area contributed by atoms with Crippen LogP contribution in [0.1, 0.15) is 37.8 Å². The third kappa shape index (κ3) is 3.49. The highest BCUT2D eigenvalue weighted by Crippen LogP contribution is 2.37. The molecule has 10 heteroatoms. The second-order valence-electron chi connectivity index (χ2n) is 7.90. The van der Waals surface area contributed by atoms with Crippen LogP contribution in [-0.2, 0) is 0 Å². The molecular weight excluding hydrogens is 368 g/mol. The van der Waals surface area contributed by atoms with Crippen molar-refractivity contribution in [3.8, 4) is 6.07 Å². The van der Waals surface area contributed by atoms with E-state index < -0.39 is 0 Å². The zero-order chi connectivity index (χ0) is 19.8. The first kappa shape index (κ1) is 17.9. The van der Waals surface area contributed by atoms with E-state index in [1.807, 2.05) is 13.0 Å². The van der Waals surface area contributed by atoms with E-state index in [9.17, 15) is 0 Å². The Bertz CT molecular complexity index is 1030. The summed E-state index contributed by atoms with van der Waals surface area (Å²) in [6, 6.07) is 5.60. The molecule has 10 nitrogen and oxygen atoms in total. The lowest BCUT2D eigenvalue weighted by atomic mass is 9.97. The lowest BCUT2D eigenvalue weighted by Crippen LogP contribution is -2.47. The number of aryl methyl sites for hydroxylation is 1. The van der Waals surface area contributed by atoms with Crippen LogP contribution < -0.4 is 10.6 Å². The summed E-state index contributed by atoms with van der Waals surface area (Å²) in [5.74, 6) is 1.89. The minimum Gasteiger partial charge on any atom is -0.365 e. The van der Waals surface area contributed by atoms with Gasteiger partial charge in [0.2, 0.25) is 5.95 Å². The number of aromatic amines is 2. The van der Waals surface area contributed by atoms with Gasteiger partial charge in [0.15, 0.2) is 17.3 Å². The lowest BCUT2D eigenvalue weighted by Gasteiger charge is -2.39. The van der Waals surface area contributed by atoms with Gasteiger partial charge in [-0.05, 0) is 32.6 Å². The molecule has 2 bridgehead atoms. The van der Waals surface area contributed by atoms with Crippen LogP contribution in [0.3, 0.4) is 0 Å². The molecule has 2 atom stereocenters. The summed E-state index contributed by atoms with van der Waals surface area (Å²) in [5.41, 5.74) is 2.40. The molecule has 5 heterocycles. The molecule has 2 unspecified atom stereocenters. The highest BCUT2D eigenvalue weighted by Gasteiger charge is 2.40. The number of nitriles is 1. The summed E-state index contributed by atoms with van der Waals surface area (Å²) >= 11 is 0. The van der Waals surface area contributed by atoms with Crippen LogP contribution >= 0.6 is 0 Å². The molecule has 2 aliphatic rings. The van der Waals surface area contributed by atoms with Gasteiger partial charge in [-0.3, -0.25) is 10.00 Å². The molecule has 2 aliphatic heterocycles. The van der Waals surface area contributed by atoms with Crippen molar-refractivity contribution in [2.24, 2.45) is 0 Å². The van der Waals surface area contributed by atoms with E-state index in [-0.39, 0.29) is 0 Å². The van der Waals surface area contributed by atoms with Crippen molar-refractivity contribution in [1.82, 2.24) is 35.0 Å². The third-order valence-electron chi connectivity index (χ3n) is 5.93. The van der Waals surface area contributed by atoms with Crippen molar-refractivity contribution in [3.63, 3.8) is 0 Å². The largest absolute Gasteiger partial charge is 0.365 e. The second kappa shape index (κ2) is 7.33. The molecule has 0 aromatic carbocycles. The smallest absolute Gasteiger partial charge is 0.232 e. The first-order chi connectivity index (χ1) is 14.2. The number of nitrogens with one attached hydrogen (secondary N) is 4. The fraction of sp³-hybridized carbons (Fsp3) is 0.526. The molecule has 2 saturated heterocycles. The number of hydrogen-bond acceptors (Lipinski definition) is 8. The molecule has 3 aromatic heterocycles. The van der Waals surface area contributed by atoms with Crippen LogP contribution in [0.5, 0.6) is 0 Å². The van der Waals surface area contributed by atoms with Crippen LogP contribution in [0.15, 0.2) is 12.4 Å². The van der Waals surface area contributed by atoms with Gasteiger partial charge in [0.25, 0.3) is 0 Å². The Balaban J connectivity index is 1.35. The zero-order valence-electron chi connectivity index (χ0n) is 16.3. The van der Waals surface area contributed by atoms with Crippen molar-refractivity contribution in [2.75, 3.05) is 17.2 Å². The number of aromatic nitrogens is 6. The van der Waals surface area contributed by atoms with Gasteiger partial charge >= 0.3 is 0 Å². The Morgan fingerprint density at radius 1 is 1.28 bits per heavy atom. The van der Waals surface area contributed by atoms with Crippen LogP contribution in [0.2, 0.25) is 0 Å². The van der Waals surface area contributed by atoms with E-state index in [2.05, 4.69) is 51.7 Å². The number of rotatable bonds is 6. The van der Waals surface area contributed by atoms with Crippen LogP contribution in [0, 0.1) is 18.3 Å². The molecule has 0 aliphatic carbocycles. The van der Waals surface area contributed by atoms with Crippen LogP contribution in [0.4, 0.5) is 17.6 Å². The Kier molecular flexibility index (Phi) is 4.52. The molecule has 0 spiro atoms. The SMILES string of the molecule is Cc1cc(Nc2nc(NC3CC4CCC(C3)N4CCC#N)c3nc[nH]c3n2)n[nH]1. The van der Waals surface area contributed by atoms with Gasteiger partial charge in [-0.1, -0.05) is 0 Å². The number of hydrogen-bond donors (Lipinski definition) is 4. The molecule has 0 radical (unpaired) electrons. The number of piperidine rings is 1. The average molecular weight is 392 g/mol. The predicted octanol–water partition coefficient (Wildman–Crippen LogP) is 2.45. The van der Waals surface area contributed by atoms with Gasteiger partial charge in [0.05, 0.1) is 12.4 Å². The number of H-pyrrole nitrogens is 2. The maximum absolute atomic E-state index is 8.92. The average Bonchev–Trinajstić information content (AvgIpc) is 3.39. The number of nitrogens with zero attached hydrogens (tertiary/aromatic N) is 6. The maximum Gasteiger partial charge on any atom is 0.232 e. The van der Waals surface area contributed by atoms with Gasteiger partial charge in [-0.15, -0.1) is 0 Å². The van der Waals surface area contributed by atoms with Crippen LogP contribution in [-0.4, -0.2) is 59.7 Å². The standard InChI is InChI=1S/C19H24N10/c1-11-7-15(28-27-11)24-19-25-17-16(21-10-22-17)18(26-19)23-12-8-13-3-4-14(9-12)29(13)6-2-5-20/h7,10,12-14H,2-4,6,8-9H2,1H3,(H4,21,22,23,24,25,26,27,28). The highest BCUT2D eigenvalue weighted by molar-refractivity contribution is 5.84. The van der Waals surface area contributed by atoms with Crippen LogP contribution in [0.25, 0.3) is 11.2 Å². The Morgan fingerprint density at radius 3 is 2.83 bits per heavy atom. The highest BCUT2D eigenvalue weighted by atomic mass is 15.3. The van der Waals surface area contributed by atoms with Crippen molar-refractivity contribution in [1.29, 1.82) is 5.26 Å². The summed E-state index contributed by atoms with van der Waals surface area (Å²) in [7, 11) is 0. The summed E-state index contributed by atoms with van der Waals surface area (Å²) in [5, 5.41) is 22.8. The summed E-state index contributed by atoms with van der Waals surface area (Å²) in [4.78, 5) is 19.2. The van der Waals surface area contributed by atoms with Gasteiger partial charge in [0, 0.05) is 42.9 Å².